The fourth-order valence-corrected chi connectivity index (χ4v) is 6.75. The maximum atomic E-state index is 13.6. The Morgan fingerprint density at radius 1 is 0.756 bits per heavy atom. The van der Waals surface area contributed by atoms with Gasteiger partial charge < -0.3 is 23.7 Å². The lowest BCUT2D eigenvalue weighted by Gasteiger charge is -2.32. The van der Waals surface area contributed by atoms with E-state index in [9.17, 15) is 4.79 Å². The number of esters is 1. The Kier molecular flexibility index (Phi) is 10.5. The van der Waals surface area contributed by atoms with E-state index in [1.807, 2.05) is 18.2 Å². The van der Waals surface area contributed by atoms with Crippen LogP contribution in [0.4, 0.5) is 0 Å². The van der Waals surface area contributed by atoms with Crippen LogP contribution in [-0.2, 0) is 27.4 Å². The number of carbonyl (C=O) groups excluding carboxylic acids is 1. The van der Waals surface area contributed by atoms with Crippen molar-refractivity contribution in [2.75, 3.05) is 42.1 Å². The highest BCUT2D eigenvalue weighted by molar-refractivity contribution is 8.01. The maximum Gasteiger partial charge on any atom is 0.326 e. The molecule has 220 valence electrons. The number of fused-ring (bicyclic) bond motifs is 1. The summed E-state index contributed by atoms with van der Waals surface area (Å²) in [7, 11) is 8.02. The van der Waals surface area contributed by atoms with E-state index in [1.165, 1.54) is 23.8 Å². The second-order valence-electron chi connectivity index (χ2n) is 10.3. The lowest BCUT2D eigenvalue weighted by molar-refractivity contribution is -0.144. The summed E-state index contributed by atoms with van der Waals surface area (Å²) in [5.41, 5.74) is 4.58. The van der Waals surface area contributed by atoms with Crippen LogP contribution in [0.15, 0.2) is 59.5 Å². The van der Waals surface area contributed by atoms with Gasteiger partial charge in [0.2, 0.25) is 0 Å². The van der Waals surface area contributed by atoms with Crippen LogP contribution in [0.25, 0.3) is 0 Å². The molecule has 1 unspecified atom stereocenters. The summed E-state index contributed by atoms with van der Waals surface area (Å²) in [4.78, 5) is 17.1. The minimum atomic E-state index is -0.930. The van der Waals surface area contributed by atoms with Gasteiger partial charge in [0.1, 0.15) is 4.75 Å². The van der Waals surface area contributed by atoms with Gasteiger partial charge in [-0.15, -0.1) is 11.8 Å². The van der Waals surface area contributed by atoms with E-state index >= 15 is 0 Å². The van der Waals surface area contributed by atoms with E-state index in [-0.39, 0.29) is 5.97 Å². The van der Waals surface area contributed by atoms with E-state index in [0.717, 1.165) is 60.9 Å². The van der Waals surface area contributed by atoms with Gasteiger partial charge in [0.15, 0.2) is 23.0 Å². The first kappa shape index (κ1) is 30.6. The number of methoxy groups -OCH3 is 5. The molecule has 0 aromatic heterocycles. The lowest BCUT2D eigenvalue weighted by atomic mass is 9.91. The minimum Gasteiger partial charge on any atom is -0.493 e. The number of hydrogen-bond acceptors (Lipinski definition) is 8. The van der Waals surface area contributed by atoms with E-state index in [1.54, 1.807) is 40.2 Å². The van der Waals surface area contributed by atoms with Crippen LogP contribution in [-0.4, -0.2) is 53.0 Å². The highest BCUT2D eigenvalue weighted by atomic mass is 32.2. The van der Waals surface area contributed by atoms with Crippen molar-refractivity contribution in [2.45, 2.75) is 55.3 Å². The SMILES string of the molecule is COC(=O)C(CCCCCN1Cc2cc(OC)c(OC)cc2C1)(Sc1ccc(C)cc1)c1ccc(OC)c(OC)c1. The molecule has 0 amide bonds. The van der Waals surface area contributed by atoms with Crippen molar-refractivity contribution in [3.63, 3.8) is 0 Å². The molecule has 1 aliphatic heterocycles. The van der Waals surface area contributed by atoms with Crippen LogP contribution in [0, 0.1) is 6.92 Å². The normalized spacial score (nSPS) is 14.2. The molecule has 0 N–H and O–H groups in total. The van der Waals surface area contributed by atoms with Crippen LogP contribution in [0.5, 0.6) is 23.0 Å². The molecular weight excluding hydrogens is 538 g/mol. The van der Waals surface area contributed by atoms with Crippen molar-refractivity contribution in [3.05, 3.63) is 76.9 Å². The molecule has 1 atom stereocenters. The number of hydrogen-bond donors (Lipinski definition) is 0. The number of unbranched alkanes of at least 4 members (excludes halogenated alkanes) is 2. The molecule has 1 heterocycles. The summed E-state index contributed by atoms with van der Waals surface area (Å²) in [6.45, 7) is 4.83. The fourth-order valence-electron chi connectivity index (χ4n) is 5.42. The van der Waals surface area contributed by atoms with Gasteiger partial charge in [-0.1, -0.05) is 36.6 Å². The molecule has 41 heavy (non-hydrogen) atoms. The molecule has 3 aromatic carbocycles. The molecule has 0 fully saturated rings. The van der Waals surface area contributed by atoms with E-state index in [0.29, 0.717) is 17.9 Å². The highest BCUT2D eigenvalue weighted by Crippen LogP contribution is 2.48. The number of rotatable bonds is 14. The zero-order valence-electron chi connectivity index (χ0n) is 25.0. The predicted octanol–water partition coefficient (Wildman–Crippen LogP) is 6.77. The molecule has 0 spiro atoms. The zero-order valence-corrected chi connectivity index (χ0v) is 25.8. The first-order valence-electron chi connectivity index (χ1n) is 13.9. The number of ether oxygens (including phenoxy) is 5. The number of thioether (sulfide) groups is 1. The summed E-state index contributed by atoms with van der Waals surface area (Å²) in [5.74, 6) is 2.48. The van der Waals surface area contributed by atoms with Gasteiger partial charge in [0.05, 0.1) is 35.5 Å². The summed E-state index contributed by atoms with van der Waals surface area (Å²) >= 11 is 1.54. The Morgan fingerprint density at radius 2 is 1.34 bits per heavy atom. The van der Waals surface area contributed by atoms with Gasteiger partial charge in [0.25, 0.3) is 0 Å². The Hall–Kier alpha value is -3.36. The Bertz CT molecular complexity index is 1300. The molecule has 3 aromatic rings. The van der Waals surface area contributed by atoms with Crippen molar-refractivity contribution in [1.82, 2.24) is 4.90 Å². The van der Waals surface area contributed by atoms with E-state index < -0.39 is 4.75 Å². The Balaban J connectivity index is 1.48. The average molecular weight is 580 g/mol. The standard InChI is InChI=1S/C33H41NO6S/c1-23-10-13-27(14-11-23)41-33(32(35)40-6,26-12-15-28(36-2)31(20-26)39-5)16-8-7-9-17-34-21-24-18-29(37-3)30(38-4)19-25(24)22-34/h10-15,18-20H,7-9,16-17,21-22H2,1-6H3. The minimum absolute atomic E-state index is 0.270. The molecule has 1 aliphatic rings. The van der Waals surface area contributed by atoms with Crippen LogP contribution in [0.1, 0.15) is 47.9 Å². The molecule has 0 saturated carbocycles. The summed E-state index contributed by atoms with van der Waals surface area (Å²) in [6, 6.07) is 18.1. The number of aryl methyl sites for hydroxylation is 1. The van der Waals surface area contributed by atoms with Gasteiger partial charge in [-0.05, 0) is 79.4 Å². The van der Waals surface area contributed by atoms with E-state index in [2.05, 4.69) is 48.2 Å². The molecular formula is C33H41NO6S. The summed E-state index contributed by atoms with van der Waals surface area (Å²) < 4.78 is 26.6. The third kappa shape index (κ3) is 6.93. The monoisotopic (exact) mass is 579 g/mol. The third-order valence-corrected chi connectivity index (χ3v) is 9.14. The van der Waals surface area contributed by atoms with Crippen LogP contribution < -0.4 is 18.9 Å². The summed E-state index contributed by atoms with van der Waals surface area (Å²) in [5, 5.41) is 0. The molecule has 0 saturated heterocycles. The maximum absolute atomic E-state index is 13.6. The van der Waals surface area contributed by atoms with E-state index in [4.69, 9.17) is 23.7 Å². The number of carbonyl (C=O) groups is 1. The second kappa shape index (κ2) is 14.0. The smallest absolute Gasteiger partial charge is 0.326 e. The van der Waals surface area contributed by atoms with Gasteiger partial charge in [-0.25, -0.2) is 0 Å². The molecule has 7 nitrogen and oxygen atoms in total. The van der Waals surface area contributed by atoms with Gasteiger partial charge in [-0.3, -0.25) is 9.69 Å². The zero-order chi connectivity index (χ0) is 29.4. The first-order valence-corrected chi connectivity index (χ1v) is 14.7. The highest BCUT2D eigenvalue weighted by Gasteiger charge is 2.43. The van der Waals surface area contributed by atoms with Crippen molar-refractivity contribution in [1.29, 1.82) is 0 Å². The van der Waals surface area contributed by atoms with Crippen LogP contribution in [0.3, 0.4) is 0 Å². The second-order valence-corrected chi connectivity index (χ2v) is 11.7. The molecule has 4 rings (SSSR count). The number of benzene rings is 3. The average Bonchev–Trinajstić information content (AvgIpc) is 3.41. The third-order valence-electron chi connectivity index (χ3n) is 7.67. The quantitative estimate of drug-likeness (QED) is 0.118. The van der Waals surface area contributed by atoms with Crippen LogP contribution in [0.2, 0.25) is 0 Å². The van der Waals surface area contributed by atoms with Crippen molar-refractivity contribution < 1.29 is 28.5 Å². The Morgan fingerprint density at radius 3 is 1.90 bits per heavy atom. The molecule has 0 aliphatic carbocycles. The van der Waals surface area contributed by atoms with Gasteiger partial charge in [-0.2, -0.15) is 0 Å². The van der Waals surface area contributed by atoms with Crippen molar-refractivity contribution >= 4 is 17.7 Å². The van der Waals surface area contributed by atoms with Crippen molar-refractivity contribution in [2.24, 2.45) is 0 Å². The largest absolute Gasteiger partial charge is 0.493 e. The first-order chi connectivity index (χ1) is 19.9. The predicted molar refractivity (Wildman–Crippen MR) is 162 cm³/mol. The van der Waals surface area contributed by atoms with Gasteiger partial charge in [0, 0.05) is 18.0 Å². The Labute approximate surface area is 248 Å². The summed E-state index contributed by atoms with van der Waals surface area (Å²) in [6.07, 6.45) is 3.51. The molecule has 0 radical (unpaired) electrons. The fraction of sp³-hybridized carbons (Fsp3) is 0.424. The lowest BCUT2D eigenvalue weighted by Crippen LogP contribution is -2.34. The van der Waals surface area contributed by atoms with Crippen molar-refractivity contribution in [3.8, 4) is 23.0 Å². The van der Waals surface area contributed by atoms with Crippen LogP contribution >= 0.6 is 11.8 Å². The molecule has 8 heteroatoms. The molecule has 0 bridgehead atoms. The van der Waals surface area contributed by atoms with Gasteiger partial charge >= 0.3 is 5.97 Å². The number of nitrogens with zero attached hydrogens (tertiary/aromatic N) is 1. The topological polar surface area (TPSA) is 66.5 Å².